The molecule has 1 aromatic rings. The maximum atomic E-state index is 13.0. The van der Waals surface area contributed by atoms with Gasteiger partial charge in [0, 0.05) is 58.0 Å². The summed E-state index contributed by atoms with van der Waals surface area (Å²) in [5, 5.41) is 3.50. The predicted molar refractivity (Wildman–Crippen MR) is 109 cm³/mol. The summed E-state index contributed by atoms with van der Waals surface area (Å²) >= 11 is 0. The largest absolute Gasteiger partial charge is 0.384 e. The SMILES string of the molecule is CN(C1CCCCC1)S(=O)(=O)N1CCN(Cc2cccc3c2NCC3)CC1. The number of hydrogen-bond donors (Lipinski definition) is 1. The molecule has 0 atom stereocenters. The summed E-state index contributed by atoms with van der Waals surface area (Å²) in [6.45, 7) is 4.67. The summed E-state index contributed by atoms with van der Waals surface area (Å²) in [4.78, 5) is 2.38. The van der Waals surface area contributed by atoms with Crippen molar-refractivity contribution in [2.45, 2.75) is 51.1 Å². The average molecular weight is 393 g/mol. The lowest BCUT2D eigenvalue weighted by atomic mass is 9.96. The molecule has 1 saturated heterocycles. The van der Waals surface area contributed by atoms with Gasteiger partial charge in [0.15, 0.2) is 0 Å². The Morgan fingerprint density at radius 3 is 2.59 bits per heavy atom. The third kappa shape index (κ3) is 4.01. The van der Waals surface area contributed by atoms with Crippen molar-refractivity contribution in [1.29, 1.82) is 0 Å². The van der Waals surface area contributed by atoms with Crippen LogP contribution in [0.2, 0.25) is 0 Å². The summed E-state index contributed by atoms with van der Waals surface area (Å²) in [5.74, 6) is 0. The molecule has 0 bridgehead atoms. The van der Waals surface area contributed by atoms with Gasteiger partial charge in [0.25, 0.3) is 10.2 Å². The Labute approximate surface area is 163 Å². The highest BCUT2D eigenvalue weighted by Gasteiger charge is 2.34. The minimum absolute atomic E-state index is 0.180. The van der Waals surface area contributed by atoms with Crippen molar-refractivity contribution in [3.05, 3.63) is 29.3 Å². The lowest BCUT2D eigenvalue weighted by Gasteiger charge is -2.38. The van der Waals surface area contributed by atoms with E-state index in [-0.39, 0.29) is 6.04 Å². The monoisotopic (exact) mass is 392 g/mol. The Bertz CT molecular complexity index is 753. The van der Waals surface area contributed by atoms with Crippen LogP contribution in [0.4, 0.5) is 5.69 Å². The Kier molecular flexibility index (Phi) is 5.73. The normalized spacial score (nSPS) is 22.7. The molecule has 6 nitrogen and oxygen atoms in total. The van der Waals surface area contributed by atoms with Crippen molar-refractivity contribution in [2.75, 3.05) is 45.1 Å². The van der Waals surface area contributed by atoms with E-state index in [2.05, 4.69) is 28.4 Å². The summed E-state index contributed by atoms with van der Waals surface area (Å²) in [6, 6.07) is 6.71. The van der Waals surface area contributed by atoms with Gasteiger partial charge in [-0.05, 0) is 30.4 Å². The number of benzene rings is 1. The van der Waals surface area contributed by atoms with Gasteiger partial charge in [0.1, 0.15) is 0 Å². The van der Waals surface area contributed by atoms with Gasteiger partial charge in [-0.2, -0.15) is 17.0 Å². The Morgan fingerprint density at radius 1 is 1.11 bits per heavy atom. The fourth-order valence-corrected chi connectivity index (χ4v) is 6.29. The second-order valence-electron chi connectivity index (χ2n) is 8.12. The number of fused-ring (bicyclic) bond motifs is 1. The summed E-state index contributed by atoms with van der Waals surface area (Å²) in [5.41, 5.74) is 4.04. The van der Waals surface area contributed by atoms with E-state index in [1.807, 2.05) is 0 Å². The molecule has 1 N–H and O–H groups in total. The first-order chi connectivity index (χ1) is 13.1. The third-order valence-corrected chi connectivity index (χ3v) is 8.48. The van der Waals surface area contributed by atoms with Crippen LogP contribution in [0, 0.1) is 0 Å². The van der Waals surface area contributed by atoms with E-state index < -0.39 is 10.2 Å². The lowest BCUT2D eigenvalue weighted by molar-refractivity contribution is 0.170. The zero-order valence-corrected chi connectivity index (χ0v) is 17.2. The predicted octanol–water partition coefficient (Wildman–Crippen LogP) is 2.28. The summed E-state index contributed by atoms with van der Waals surface area (Å²) in [6.07, 6.45) is 6.63. The molecule has 0 unspecified atom stereocenters. The molecule has 1 saturated carbocycles. The average Bonchev–Trinajstić information content (AvgIpc) is 3.18. The maximum Gasteiger partial charge on any atom is 0.282 e. The van der Waals surface area contributed by atoms with Crippen LogP contribution in [0.1, 0.15) is 43.2 Å². The zero-order chi connectivity index (χ0) is 18.9. The van der Waals surface area contributed by atoms with Gasteiger partial charge in [-0.15, -0.1) is 0 Å². The van der Waals surface area contributed by atoms with Crippen molar-refractivity contribution in [3.63, 3.8) is 0 Å². The van der Waals surface area contributed by atoms with E-state index in [1.54, 1.807) is 15.7 Å². The molecule has 3 aliphatic rings. The molecule has 0 radical (unpaired) electrons. The first kappa shape index (κ1) is 19.2. The molecule has 150 valence electrons. The first-order valence-corrected chi connectivity index (χ1v) is 11.8. The lowest BCUT2D eigenvalue weighted by Crippen LogP contribution is -2.54. The summed E-state index contributed by atoms with van der Waals surface area (Å²) < 4.78 is 29.4. The minimum atomic E-state index is -3.34. The molecular formula is C20H32N4O2S. The van der Waals surface area contributed by atoms with Gasteiger partial charge in [-0.25, -0.2) is 0 Å². The Morgan fingerprint density at radius 2 is 1.85 bits per heavy atom. The van der Waals surface area contributed by atoms with Crippen LogP contribution in [0.15, 0.2) is 18.2 Å². The molecular weight excluding hydrogens is 360 g/mol. The van der Waals surface area contributed by atoms with E-state index in [0.29, 0.717) is 13.1 Å². The molecule has 7 heteroatoms. The number of piperazine rings is 1. The highest BCUT2D eigenvalue weighted by atomic mass is 32.2. The number of para-hydroxylation sites is 1. The molecule has 2 aliphatic heterocycles. The highest BCUT2D eigenvalue weighted by molar-refractivity contribution is 7.86. The molecule has 27 heavy (non-hydrogen) atoms. The third-order valence-electron chi connectivity index (χ3n) is 6.44. The zero-order valence-electron chi connectivity index (χ0n) is 16.4. The van der Waals surface area contributed by atoms with Crippen LogP contribution >= 0.6 is 0 Å². The van der Waals surface area contributed by atoms with Gasteiger partial charge in [0.2, 0.25) is 0 Å². The molecule has 0 amide bonds. The van der Waals surface area contributed by atoms with Crippen LogP contribution in [0.3, 0.4) is 0 Å². The second kappa shape index (κ2) is 8.07. The topological polar surface area (TPSA) is 55.9 Å². The van der Waals surface area contributed by atoms with E-state index in [9.17, 15) is 8.42 Å². The quantitative estimate of drug-likeness (QED) is 0.835. The molecule has 0 spiro atoms. The smallest absolute Gasteiger partial charge is 0.282 e. The van der Waals surface area contributed by atoms with Crippen LogP contribution in [0.25, 0.3) is 0 Å². The van der Waals surface area contributed by atoms with Crippen LogP contribution in [0.5, 0.6) is 0 Å². The van der Waals surface area contributed by atoms with Gasteiger partial charge < -0.3 is 5.32 Å². The molecule has 2 fully saturated rings. The molecule has 0 aromatic heterocycles. The number of nitrogens with zero attached hydrogens (tertiary/aromatic N) is 3. The van der Waals surface area contributed by atoms with Gasteiger partial charge in [-0.3, -0.25) is 4.90 Å². The number of nitrogens with one attached hydrogen (secondary N) is 1. The molecule has 1 aliphatic carbocycles. The van der Waals surface area contributed by atoms with Crippen molar-refractivity contribution in [2.24, 2.45) is 0 Å². The fourth-order valence-electron chi connectivity index (χ4n) is 4.72. The van der Waals surface area contributed by atoms with E-state index in [0.717, 1.165) is 58.3 Å². The molecule has 4 rings (SSSR count). The first-order valence-electron chi connectivity index (χ1n) is 10.4. The van der Waals surface area contributed by atoms with Crippen molar-refractivity contribution >= 4 is 15.9 Å². The van der Waals surface area contributed by atoms with Crippen LogP contribution < -0.4 is 5.32 Å². The van der Waals surface area contributed by atoms with Gasteiger partial charge in [-0.1, -0.05) is 37.5 Å². The van der Waals surface area contributed by atoms with Crippen LogP contribution in [-0.4, -0.2) is 67.7 Å². The molecule has 1 aromatic carbocycles. The van der Waals surface area contributed by atoms with Gasteiger partial charge >= 0.3 is 0 Å². The van der Waals surface area contributed by atoms with Crippen molar-refractivity contribution in [3.8, 4) is 0 Å². The number of hydrogen-bond acceptors (Lipinski definition) is 4. The molecule has 2 heterocycles. The number of rotatable bonds is 5. The maximum absolute atomic E-state index is 13.0. The van der Waals surface area contributed by atoms with Crippen molar-refractivity contribution in [1.82, 2.24) is 13.5 Å². The van der Waals surface area contributed by atoms with E-state index in [1.165, 1.54) is 23.2 Å². The Hall–Kier alpha value is -1.15. The Balaban J connectivity index is 1.35. The second-order valence-corrected chi connectivity index (χ2v) is 10.1. The summed E-state index contributed by atoms with van der Waals surface area (Å²) in [7, 11) is -1.57. The fraction of sp³-hybridized carbons (Fsp3) is 0.700. The van der Waals surface area contributed by atoms with Gasteiger partial charge in [0.05, 0.1) is 0 Å². The van der Waals surface area contributed by atoms with E-state index in [4.69, 9.17) is 0 Å². The standard InChI is InChI=1S/C20H32N4O2S/c1-22(19-8-3-2-4-9-19)27(25,26)24-14-12-23(13-15-24)16-18-7-5-6-17-10-11-21-20(17)18/h5-7,19,21H,2-4,8-16H2,1H3. The number of anilines is 1. The van der Waals surface area contributed by atoms with Crippen LogP contribution in [-0.2, 0) is 23.2 Å². The minimum Gasteiger partial charge on any atom is -0.384 e. The van der Waals surface area contributed by atoms with Crippen molar-refractivity contribution < 1.29 is 8.42 Å². The van der Waals surface area contributed by atoms with E-state index >= 15 is 0 Å². The highest BCUT2D eigenvalue weighted by Crippen LogP contribution is 2.28.